The van der Waals surface area contributed by atoms with E-state index in [1.165, 1.54) is 12.8 Å². The minimum atomic E-state index is -3.59. The summed E-state index contributed by atoms with van der Waals surface area (Å²) in [5.74, 6) is 0. The monoisotopic (exact) mass is 291 g/mol. The number of sulfonamides is 1. The fraction of sp³-hybridized carbons (Fsp3) is 0.778. The van der Waals surface area contributed by atoms with Crippen molar-refractivity contribution >= 4 is 26.5 Å². The van der Waals surface area contributed by atoms with Crippen LogP contribution in [0.15, 0.2) is 4.34 Å². The van der Waals surface area contributed by atoms with E-state index in [2.05, 4.69) is 19.8 Å². The molecule has 0 aliphatic heterocycles. The summed E-state index contributed by atoms with van der Waals surface area (Å²) < 4.78 is 26.2. The smallest absolute Gasteiger partial charge is 0.269 e. The Morgan fingerprint density at radius 2 is 2.22 bits per heavy atom. The van der Waals surface area contributed by atoms with Gasteiger partial charge in [-0.2, -0.15) is 0 Å². The van der Waals surface area contributed by atoms with E-state index >= 15 is 0 Å². The Balaban J connectivity index is 1.92. The molecule has 1 unspecified atom stereocenters. The molecule has 0 amide bonds. The number of likely N-dealkylation sites (N-methyl/N-ethyl adjacent to an activating group) is 1. The molecule has 1 saturated carbocycles. The molecule has 0 bridgehead atoms. The van der Waals surface area contributed by atoms with E-state index in [0.29, 0.717) is 12.6 Å². The van der Waals surface area contributed by atoms with Gasteiger partial charge in [-0.25, -0.2) is 13.1 Å². The van der Waals surface area contributed by atoms with Gasteiger partial charge in [0, 0.05) is 18.6 Å². The highest BCUT2D eigenvalue weighted by Gasteiger charge is 2.30. The quantitative estimate of drug-likeness (QED) is 0.758. The van der Waals surface area contributed by atoms with Crippen LogP contribution in [0.25, 0.3) is 0 Å². The van der Waals surface area contributed by atoms with Crippen molar-refractivity contribution < 1.29 is 8.42 Å². The Labute approximate surface area is 110 Å². The summed E-state index contributed by atoms with van der Waals surface area (Å²) in [6.07, 6.45) is 2.39. The van der Waals surface area contributed by atoms with Crippen LogP contribution in [-0.2, 0) is 10.0 Å². The third-order valence-corrected chi connectivity index (χ3v) is 5.58. The number of nitrogens with zero attached hydrogens (tertiary/aromatic N) is 3. The van der Waals surface area contributed by atoms with Gasteiger partial charge in [0.1, 0.15) is 0 Å². The van der Waals surface area contributed by atoms with Crippen molar-refractivity contribution in [3.63, 3.8) is 0 Å². The normalized spacial score (nSPS) is 18.2. The van der Waals surface area contributed by atoms with Crippen LogP contribution in [-0.4, -0.2) is 49.2 Å². The van der Waals surface area contributed by atoms with Crippen LogP contribution in [0.5, 0.6) is 0 Å². The van der Waals surface area contributed by atoms with Crippen LogP contribution in [0.1, 0.15) is 19.8 Å². The van der Waals surface area contributed by atoms with Gasteiger partial charge in [0.05, 0.1) is 0 Å². The van der Waals surface area contributed by atoms with E-state index in [9.17, 15) is 8.42 Å². The van der Waals surface area contributed by atoms with Gasteiger partial charge in [0.15, 0.2) is 0 Å². The zero-order chi connectivity index (χ0) is 13.3. The fourth-order valence-electron chi connectivity index (χ4n) is 1.61. The first kappa shape index (κ1) is 13.7. The Morgan fingerprint density at radius 3 is 2.72 bits per heavy atom. The van der Waals surface area contributed by atoms with Crippen molar-refractivity contribution in [2.24, 2.45) is 0 Å². The van der Waals surface area contributed by atoms with Crippen LogP contribution in [0, 0.1) is 0 Å². The third-order valence-electron chi connectivity index (χ3n) is 3.04. The summed E-state index contributed by atoms with van der Waals surface area (Å²) >= 11 is 0.865. The van der Waals surface area contributed by atoms with Crippen molar-refractivity contribution in [3.05, 3.63) is 0 Å². The van der Waals surface area contributed by atoms with E-state index in [1.54, 1.807) is 0 Å². The van der Waals surface area contributed by atoms with Crippen molar-refractivity contribution in [3.8, 4) is 0 Å². The molecule has 1 atom stereocenters. The molecule has 9 heteroatoms. The molecule has 18 heavy (non-hydrogen) atoms. The number of hydrogen-bond acceptors (Lipinski definition) is 7. The second-order valence-corrected chi connectivity index (χ2v) is 7.45. The lowest BCUT2D eigenvalue weighted by atomic mass is 10.3. The second-order valence-electron chi connectivity index (χ2n) is 4.50. The van der Waals surface area contributed by atoms with Crippen molar-refractivity contribution in [2.75, 3.05) is 19.3 Å². The summed E-state index contributed by atoms with van der Waals surface area (Å²) in [4.78, 5) is 2.19. The van der Waals surface area contributed by atoms with Gasteiger partial charge < -0.3 is 5.73 Å². The Hall–Kier alpha value is -0.770. The Bertz CT molecular complexity index is 511. The first-order valence-electron chi connectivity index (χ1n) is 5.70. The minimum Gasteiger partial charge on any atom is -0.374 e. The highest BCUT2D eigenvalue weighted by atomic mass is 32.2. The molecule has 0 radical (unpaired) electrons. The van der Waals surface area contributed by atoms with Gasteiger partial charge in [0.2, 0.25) is 9.47 Å². The second kappa shape index (κ2) is 5.08. The number of aromatic nitrogens is 2. The first-order chi connectivity index (χ1) is 8.40. The number of rotatable bonds is 6. The molecule has 1 aromatic heterocycles. The number of anilines is 1. The number of nitrogens with two attached hydrogens (primary N) is 1. The van der Waals surface area contributed by atoms with Gasteiger partial charge in [-0.15, -0.1) is 10.2 Å². The minimum absolute atomic E-state index is 0.0822. The third kappa shape index (κ3) is 3.16. The zero-order valence-corrected chi connectivity index (χ0v) is 12.0. The Kier molecular flexibility index (Phi) is 3.85. The summed E-state index contributed by atoms with van der Waals surface area (Å²) in [6, 6.07) is 0.749. The largest absolute Gasteiger partial charge is 0.374 e. The molecule has 1 fully saturated rings. The highest BCUT2D eigenvalue weighted by molar-refractivity contribution is 7.91. The van der Waals surface area contributed by atoms with Gasteiger partial charge in [-0.1, -0.05) is 11.3 Å². The van der Waals surface area contributed by atoms with E-state index in [4.69, 9.17) is 5.73 Å². The molecular formula is C9H17N5O2S2. The van der Waals surface area contributed by atoms with Gasteiger partial charge in [0.25, 0.3) is 10.0 Å². The number of hydrogen-bond donors (Lipinski definition) is 2. The Morgan fingerprint density at radius 1 is 1.56 bits per heavy atom. The van der Waals surface area contributed by atoms with Gasteiger partial charge >= 0.3 is 0 Å². The van der Waals surface area contributed by atoms with Gasteiger partial charge in [-0.05, 0) is 26.8 Å². The standard InChI is InChI=1S/C9H17N5O2S2/c1-6(14(2)7-3-4-7)5-11-18(15,16)9-13-12-8(10)17-9/h6-7,11H,3-5H2,1-2H3,(H2,10,12). The topological polar surface area (TPSA) is 101 Å². The molecule has 1 heterocycles. The fourth-order valence-corrected chi connectivity index (χ4v) is 3.55. The number of nitrogen functional groups attached to an aromatic ring is 1. The molecule has 0 saturated heterocycles. The first-order valence-corrected chi connectivity index (χ1v) is 8.00. The van der Waals surface area contributed by atoms with Crippen LogP contribution >= 0.6 is 11.3 Å². The predicted octanol–water partition coefficient (Wildman–Crippen LogP) is -0.119. The summed E-state index contributed by atoms with van der Waals surface area (Å²) in [6.45, 7) is 2.35. The molecule has 1 aliphatic carbocycles. The molecule has 1 aromatic rings. The average Bonchev–Trinajstić information content (AvgIpc) is 3.07. The van der Waals surface area contributed by atoms with Crippen LogP contribution in [0.3, 0.4) is 0 Å². The average molecular weight is 291 g/mol. The van der Waals surface area contributed by atoms with Crippen LogP contribution in [0.4, 0.5) is 5.13 Å². The maximum Gasteiger partial charge on any atom is 0.269 e. The van der Waals surface area contributed by atoms with Crippen LogP contribution in [0.2, 0.25) is 0 Å². The van der Waals surface area contributed by atoms with E-state index in [-0.39, 0.29) is 15.5 Å². The SMILES string of the molecule is CC(CNS(=O)(=O)c1nnc(N)s1)N(C)C1CC1. The van der Waals surface area contributed by atoms with E-state index in [0.717, 1.165) is 11.3 Å². The maximum absolute atomic E-state index is 11.9. The maximum atomic E-state index is 11.9. The van der Waals surface area contributed by atoms with Crippen molar-refractivity contribution in [1.29, 1.82) is 0 Å². The highest BCUT2D eigenvalue weighted by Crippen LogP contribution is 2.26. The van der Waals surface area contributed by atoms with E-state index < -0.39 is 10.0 Å². The summed E-state index contributed by atoms with van der Waals surface area (Å²) in [7, 11) is -1.57. The lowest BCUT2D eigenvalue weighted by Gasteiger charge is -2.24. The molecular weight excluding hydrogens is 274 g/mol. The van der Waals surface area contributed by atoms with E-state index in [1.807, 2.05) is 14.0 Å². The zero-order valence-electron chi connectivity index (χ0n) is 10.3. The van der Waals surface area contributed by atoms with Crippen LogP contribution < -0.4 is 10.5 Å². The molecule has 102 valence electrons. The predicted molar refractivity (Wildman–Crippen MR) is 69.8 cm³/mol. The summed E-state index contributed by atoms with van der Waals surface area (Å²) in [5, 5.41) is 7.19. The van der Waals surface area contributed by atoms with Crippen molar-refractivity contribution in [2.45, 2.75) is 36.2 Å². The number of nitrogens with one attached hydrogen (secondary N) is 1. The molecule has 1 aliphatic rings. The lowest BCUT2D eigenvalue weighted by Crippen LogP contribution is -2.41. The lowest BCUT2D eigenvalue weighted by molar-refractivity contribution is 0.248. The molecule has 0 spiro atoms. The van der Waals surface area contributed by atoms with Gasteiger partial charge in [-0.3, -0.25) is 4.90 Å². The molecule has 0 aromatic carbocycles. The van der Waals surface area contributed by atoms with Crippen molar-refractivity contribution in [1.82, 2.24) is 19.8 Å². The molecule has 2 rings (SSSR count). The summed E-state index contributed by atoms with van der Waals surface area (Å²) in [5.41, 5.74) is 5.37. The molecule has 3 N–H and O–H groups in total. The molecule has 7 nitrogen and oxygen atoms in total.